The first-order valence-corrected chi connectivity index (χ1v) is 7.64. The summed E-state index contributed by atoms with van der Waals surface area (Å²) in [5, 5.41) is 17.4. The van der Waals surface area contributed by atoms with E-state index in [-0.39, 0.29) is 12.5 Å². The molecule has 0 fully saturated rings. The molecule has 1 unspecified atom stereocenters. The zero-order chi connectivity index (χ0) is 17.2. The highest BCUT2D eigenvalue weighted by molar-refractivity contribution is 5.97. The number of carbonyl (C=O) groups is 1. The third-order valence-corrected chi connectivity index (χ3v) is 3.76. The van der Waals surface area contributed by atoms with Gasteiger partial charge in [0.05, 0.1) is 17.8 Å². The molecule has 24 heavy (non-hydrogen) atoms. The number of furan rings is 1. The number of hydrogen-bond donors (Lipinski definition) is 2. The van der Waals surface area contributed by atoms with Gasteiger partial charge in [0, 0.05) is 12.4 Å². The Kier molecular flexibility index (Phi) is 4.22. The standard InChI is InChI=1S/C18H19N3O3/c1-13-8-9-16(24-13)18(2,23)12-19-17(22)14-6-3-4-7-15(14)21-11-5-10-20-21/h3-11,23H,12H2,1-2H3,(H,19,22). The molecular formula is C18H19N3O3. The Labute approximate surface area is 139 Å². The van der Waals surface area contributed by atoms with Crippen molar-refractivity contribution in [1.82, 2.24) is 15.1 Å². The van der Waals surface area contributed by atoms with E-state index in [0.29, 0.717) is 22.8 Å². The van der Waals surface area contributed by atoms with Crippen molar-refractivity contribution in [2.75, 3.05) is 6.54 Å². The van der Waals surface area contributed by atoms with Crippen molar-refractivity contribution in [2.45, 2.75) is 19.4 Å². The number of carbonyl (C=O) groups excluding carboxylic acids is 1. The first-order chi connectivity index (χ1) is 11.5. The molecule has 0 bridgehead atoms. The van der Waals surface area contributed by atoms with E-state index in [1.54, 1.807) is 61.3 Å². The van der Waals surface area contributed by atoms with Crippen LogP contribution >= 0.6 is 0 Å². The van der Waals surface area contributed by atoms with E-state index in [1.165, 1.54) is 0 Å². The molecule has 0 spiro atoms. The third kappa shape index (κ3) is 3.23. The summed E-state index contributed by atoms with van der Waals surface area (Å²) < 4.78 is 7.08. The van der Waals surface area contributed by atoms with Crippen molar-refractivity contribution < 1.29 is 14.3 Å². The second-order valence-electron chi connectivity index (χ2n) is 5.83. The first kappa shape index (κ1) is 16.0. The number of aryl methyl sites for hydroxylation is 1. The molecule has 3 aromatic rings. The highest BCUT2D eigenvalue weighted by Gasteiger charge is 2.28. The van der Waals surface area contributed by atoms with E-state index in [0.717, 1.165) is 0 Å². The van der Waals surface area contributed by atoms with Gasteiger partial charge in [0.25, 0.3) is 5.91 Å². The van der Waals surface area contributed by atoms with Gasteiger partial charge < -0.3 is 14.8 Å². The van der Waals surface area contributed by atoms with Gasteiger partial charge in [-0.2, -0.15) is 5.10 Å². The minimum Gasteiger partial charge on any atom is -0.463 e. The fraction of sp³-hybridized carbons (Fsp3) is 0.222. The zero-order valence-corrected chi connectivity index (χ0v) is 13.6. The predicted octanol–water partition coefficient (Wildman–Crippen LogP) is 2.41. The Hall–Kier alpha value is -2.86. The van der Waals surface area contributed by atoms with Crippen LogP contribution in [0.25, 0.3) is 5.69 Å². The van der Waals surface area contributed by atoms with Crippen molar-refractivity contribution in [3.05, 3.63) is 71.9 Å². The molecule has 1 aromatic carbocycles. The lowest BCUT2D eigenvalue weighted by Gasteiger charge is -2.21. The molecule has 1 atom stereocenters. The van der Waals surface area contributed by atoms with Crippen molar-refractivity contribution >= 4 is 5.91 Å². The predicted molar refractivity (Wildman–Crippen MR) is 88.9 cm³/mol. The first-order valence-electron chi connectivity index (χ1n) is 7.64. The van der Waals surface area contributed by atoms with Crippen LogP contribution in [0.5, 0.6) is 0 Å². The molecule has 0 radical (unpaired) electrons. The third-order valence-electron chi connectivity index (χ3n) is 3.76. The molecular weight excluding hydrogens is 306 g/mol. The largest absolute Gasteiger partial charge is 0.463 e. The summed E-state index contributed by atoms with van der Waals surface area (Å²) in [6.45, 7) is 3.44. The number of hydrogen-bond acceptors (Lipinski definition) is 4. The summed E-state index contributed by atoms with van der Waals surface area (Å²) in [4.78, 5) is 12.5. The Morgan fingerprint density at radius 3 is 2.75 bits per heavy atom. The van der Waals surface area contributed by atoms with E-state index in [2.05, 4.69) is 10.4 Å². The molecule has 6 heteroatoms. The fourth-order valence-corrected chi connectivity index (χ4v) is 2.44. The summed E-state index contributed by atoms with van der Waals surface area (Å²) in [6.07, 6.45) is 3.42. The number of rotatable bonds is 5. The quantitative estimate of drug-likeness (QED) is 0.755. The Bertz CT molecular complexity index is 835. The van der Waals surface area contributed by atoms with Crippen molar-refractivity contribution in [3.8, 4) is 5.69 Å². The van der Waals surface area contributed by atoms with Gasteiger partial charge in [0.2, 0.25) is 0 Å². The van der Waals surface area contributed by atoms with E-state index < -0.39 is 5.60 Å². The number of aromatic nitrogens is 2. The number of aliphatic hydroxyl groups is 1. The maximum atomic E-state index is 12.5. The molecule has 0 aliphatic rings. The van der Waals surface area contributed by atoms with Gasteiger partial charge in [-0.05, 0) is 44.2 Å². The van der Waals surface area contributed by atoms with Gasteiger partial charge in [-0.25, -0.2) is 4.68 Å². The maximum absolute atomic E-state index is 12.5. The van der Waals surface area contributed by atoms with Crippen LogP contribution in [0.2, 0.25) is 0 Å². The molecule has 6 nitrogen and oxygen atoms in total. The lowest BCUT2D eigenvalue weighted by molar-refractivity contribution is 0.0323. The fourth-order valence-electron chi connectivity index (χ4n) is 2.44. The lowest BCUT2D eigenvalue weighted by Crippen LogP contribution is -2.38. The van der Waals surface area contributed by atoms with Crippen molar-refractivity contribution in [1.29, 1.82) is 0 Å². The average Bonchev–Trinajstić information content (AvgIpc) is 3.24. The van der Waals surface area contributed by atoms with Gasteiger partial charge in [-0.3, -0.25) is 4.79 Å². The Morgan fingerprint density at radius 1 is 1.29 bits per heavy atom. The maximum Gasteiger partial charge on any atom is 0.253 e. The van der Waals surface area contributed by atoms with E-state index in [1.807, 2.05) is 12.1 Å². The van der Waals surface area contributed by atoms with Gasteiger partial charge in [0.15, 0.2) is 0 Å². The normalized spacial score (nSPS) is 13.5. The monoisotopic (exact) mass is 325 g/mol. The SMILES string of the molecule is Cc1ccc(C(C)(O)CNC(=O)c2ccccc2-n2cccn2)o1. The summed E-state index contributed by atoms with van der Waals surface area (Å²) in [7, 11) is 0. The smallest absolute Gasteiger partial charge is 0.253 e. The van der Waals surface area contributed by atoms with E-state index in [9.17, 15) is 9.90 Å². The van der Waals surface area contributed by atoms with Crippen LogP contribution < -0.4 is 5.32 Å². The van der Waals surface area contributed by atoms with Crippen LogP contribution in [0.4, 0.5) is 0 Å². The Morgan fingerprint density at radius 2 is 2.08 bits per heavy atom. The number of para-hydroxylation sites is 1. The molecule has 2 N–H and O–H groups in total. The van der Waals surface area contributed by atoms with Crippen LogP contribution in [0.15, 0.2) is 59.3 Å². The summed E-state index contributed by atoms with van der Waals surface area (Å²) in [5.41, 5.74) is -0.133. The van der Waals surface area contributed by atoms with Crippen LogP contribution in [-0.2, 0) is 5.60 Å². The molecule has 0 aliphatic heterocycles. The Balaban J connectivity index is 1.77. The van der Waals surface area contributed by atoms with Gasteiger partial charge >= 0.3 is 0 Å². The molecule has 124 valence electrons. The minimum atomic E-state index is -1.29. The van der Waals surface area contributed by atoms with Crippen LogP contribution in [0, 0.1) is 6.92 Å². The number of benzene rings is 1. The molecule has 2 aromatic heterocycles. The van der Waals surface area contributed by atoms with Crippen LogP contribution in [-0.4, -0.2) is 27.3 Å². The summed E-state index contributed by atoms with van der Waals surface area (Å²) >= 11 is 0. The van der Waals surface area contributed by atoms with Gasteiger partial charge in [-0.1, -0.05) is 12.1 Å². The lowest BCUT2D eigenvalue weighted by atomic mass is 10.0. The average molecular weight is 325 g/mol. The van der Waals surface area contributed by atoms with Gasteiger partial charge in [-0.15, -0.1) is 0 Å². The minimum absolute atomic E-state index is 0.0340. The molecule has 0 aliphatic carbocycles. The second-order valence-corrected chi connectivity index (χ2v) is 5.83. The summed E-state index contributed by atoms with van der Waals surface area (Å²) in [6, 6.07) is 12.4. The second kappa shape index (κ2) is 6.33. The highest BCUT2D eigenvalue weighted by atomic mass is 16.4. The van der Waals surface area contributed by atoms with Crippen molar-refractivity contribution in [2.24, 2.45) is 0 Å². The van der Waals surface area contributed by atoms with E-state index >= 15 is 0 Å². The summed E-state index contributed by atoms with van der Waals surface area (Å²) in [5.74, 6) is 0.839. The number of amides is 1. The highest BCUT2D eigenvalue weighted by Crippen LogP contribution is 2.22. The van der Waals surface area contributed by atoms with Crippen molar-refractivity contribution in [3.63, 3.8) is 0 Å². The zero-order valence-electron chi connectivity index (χ0n) is 13.6. The number of nitrogens with zero attached hydrogens (tertiary/aromatic N) is 2. The topological polar surface area (TPSA) is 80.3 Å². The molecule has 0 saturated carbocycles. The number of nitrogens with one attached hydrogen (secondary N) is 1. The molecule has 3 rings (SSSR count). The van der Waals surface area contributed by atoms with Gasteiger partial charge in [0.1, 0.15) is 17.1 Å². The van der Waals surface area contributed by atoms with Crippen LogP contribution in [0.1, 0.15) is 28.8 Å². The molecule has 2 heterocycles. The molecule has 0 saturated heterocycles. The molecule has 1 amide bonds. The van der Waals surface area contributed by atoms with Crippen LogP contribution in [0.3, 0.4) is 0 Å². The van der Waals surface area contributed by atoms with E-state index in [4.69, 9.17) is 4.42 Å².